The zero-order valence-electron chi connectivity index (χ0n) is 8.61. The van der Waals surface area contributed by atoms with Crippen LogP contribution in [0.1, 0.15) is 26.2 Å². The molecular formula is C10H18BNO2. The van der Waals surface area contributed by atoms with Gasteiger partial charge >= 0.3 is 7.12 Å². The van der Waals surface area contributed by atoms with Crippen LogP contribution in [0, 0.1) is 18.3 Å². The molecule has 1 aliphatic heterocycles. The van der Waals surface area contributed by atoms with Gasteiger partial charge in [0.15, 0.2) is 0 Å². The predicted octanol–water partition coefficient (Wildman–Crippen LogP) is 0.241. The zero-order chi connectivity index (χ0) is 10.6. The fourth-order valence-electron chi connectivity index (χ4n) is 2.16. The normalized spacial score (nSPS) is 29.3. The molecule has 4 heteroatoms. The Morgan fingerprint density at radius 3 is 2.93 bits per heavy atom. The van der Waals surface area contributed by atoms with E-state index in [1.807, 2.05) is 6.92 Å². The summed E-state index contributed by atoms with van der Waals surface area (Å²) in [7, 11) is -1.26. The van der Waals surface area contributed by atoms with Gasteiger partial charge in [0, 0.05) is 18.3 Å². The third-order valence-corrected chi connectivity index (χ3v) is 3.06. The minimum absolute atomic E-state index is 0.139. The number of rotatable bonds is 3. The molecule has 3 atom stereocenters. The van der Waals surface area contributed by atoms with E-state index in [1.54, 1.807) is 0 Å². The fourth-order valence-corrected chi connectivity index (χ4v) is 2.16. The van der Waals surface area contributed by atoms with E-state index in [1.165, 1.54) is 0 Å². The van der Waals surface area contributed by atoms with Crippen LogP contribution in [0.2, 0.25) is 5.82 Å². The quantitative estimate of drug-likeness (QED) is 0.446. The van der Waals surface area contributed by atoms with Crippen molar-refractivity contribution >= 4 is 7.12 Å². The van der Waals surface area contributed by atoms with Gasteiger partial charge in [-0.3, -0.25) is 0 Å². The van der Waals surface area contributed by atoms with Gasteiger partial charge in [-0.25, -0.2) is 0 Å². The summed E-state index contributed by atoms with van der Waals surface area (Å²) in [5.74, 6) is 2.88. The molecule has 0 aliphatic carbocycles. The van der Waals surface area contributed by atoms with Crippen LogP contribution in [0.25, 0.3) is 0 Å². The molecule has 0 amide bonds. The smallest absolute Gasteiger partial charge is 0.427 e. The van der Waals surface area contributed by atoms with Gasteiger partial charge in [-0.2, -0.15) is 0 Å². The molecule has 0 saturated carbocycles. The second-order valence-electron chi connectivity index (χ2n) is 4.06. The summed E-state index contributed by atoms with van der Waals surface area (Å²) >= 11 is 0. The minimum Gasteiger partial charge on any atom is -0.427 e. The first-order valence-electron chi connectivity index (χ1n) is 5.19. The lowest BCUT2D eigenvalue weighted by molar-refractivity contribution is 0.253. The largest absolute Gasteiger partial charge is 0.456 e. The summed E-state index contributed by atoms with van der Waals surface area (Å²) in [6.45, 7) is 2.79. The van der Waals surface area contributed by atoms with E-state index >= 15 is 0 Å². The van der Waals surface area contributed by atoms with Crippen molar-refractivity contribution in [1.29, 1.82) is 0 Å². The number of terminal acetylenes is 1. The highest BCUT2D eigenvalue weighted by Crippen LogP contribution is 2.28. The highest BCUT2D eigenvalue weighted by molar-refractivity contribution is 6.43. The summed E-state index contributed by atoms with van der Waals surface area (Å²) in [4.78, 5) is 0. The van der Waals surface area contributed by atoms with Crippen molar-refractivity contribution in [3.05, 3.63) is 0 Å². The van der Waals surface area contributed by atoms with Crippen molar-refractivity contribution in [3.8, 4) is 12.3 Å². The van der Waals surface area contributed by atoms with Gasteiger partial charge in [-0.15, -0.1) is 12.3 Å². The third kappa shape index (κ3) is 2.75. The van der Waals surface area contributed by atoms with Gasteiger partial charge in [-0.1, -0.05) is 6.92 Å². The maximum Gasteiger partial charge on any atom is 0.456 e. The maximum atomic E-state index is 9.12. The van der Waals surface area contributed by atoms with Crippen molar-refractivity contribution in [2.45, 2.75) is 38.0 Å². The molecule has 78 valence electrons. The van der Waals surface area contributed by atoms with E-state index < -0.39 is 7.12 Å². The van der Waals surface area contributed by atoms with Gasteiger partial charge < -0.3 is 15.4 Å². The Morgan fingerprint density at radius 1 is 1.64 bits per heavy atom. The first kappa shape index (κ1) is 11.6. The van der Waals surface area contributed by atoms with Gasteiger partial charge in [0.1, 0.15) is 0 Å². The molecule has 0 bridgehead atoms. The molecule has 3 N–H and O–H groups in total. The molecule has 0 aromatic carbocycles. The Morgan fingerprint density at radius 2 is 2.36 bits per heavy atom. The molecule has 0 aromatic rings. The van der Waals surface area contributed by atoms with Crippen molar-refractivity contribution < 1.29 is 10.0 Å². The molecule has 0 spiro atoms. The van der Waals surface area contributed by atoms with E-state index in [0.29, 0.717) is 12.3 Å². The molecule has 3 nitrogen and oxygen atoms in total. The van der Waals surface area contributed by atoms with Gasteiger partial charge in [0.05, 0.1) is 0 Å². The zero-order valence-corrected chi connectivity index (χ0v) is 8.61. The van der Waals surface area contributed by atoms with Crippen LogP contribution in [-0.4, -0.2) is 29.8 Å². The van der Waals surface area contributed by atoms with E-state index in [4.69, 9.17) is 16.5 Å². The highest BCUT2D eigenvalue weighted by Gasteiger charge is 2.34. The molecule has 1 rings (SSSR count). The van der Waals surface area contributed by atoms with Crippen LogP contribution in [0.15, 0.2) is 0 Å². The molecule has 1 saturated heterocycles. The van der Waals surface area contributed by atoms with Crippen molar-refractivity contribution in [1.82, 2.24) is 5.32 Å². The van der Waals surface area contributed by atoms with E-state index in [2.05, 4.69) is 11.2 Å². The molecule has 1 fully saturated rings. The molecule has 0 aromatic heterocycles. The Balaban J connectivity index is 2.58. The minimum atomic E-state index is -1.26. The molecular weight excluding hydrogens is 177 g/mol. The Hall–Kier alpha value is -0.495. The molecule has 0 radical (unpaired) electrons. The Labute approximate surface area is 86.0 Å². The number of piperidine rings is 1. The molecule has 1 heterocycles. The van der Waals surface area contributed by atoms with Crippen molar-refractivity contribution in [3.63, 3.8) is 0 Å². The van der Waals surface area contributed by atoms with Crippen LogP contribution in [0.5, 0.6) is 0 Å². The first-order chi connectivity index (χ1) is 6.66. The maximum absolute atomic E-state index is 9.12. The van der Waals surface area contributed by atoms with Gasteiger partial charge in [0.2, 0.25) is 0 Å². The summed E-state index contributed by atoms with van der Waals surface area (Å²) in [5.41, 5.74) is 0. The third-order valence-electron chi connectivity index (χ3n) is 3.06. The second-order valence-corrected chi connectivity index (χ2v) is 4.06. The summed E-state index contributed by atoms with van der Waals surface area (Å²) < 4.78 is 0. The predicted molar refractivity (Wildman–Crippen MR) is 57.6 cm³/mol. The van der Waals surface area contributed by atoms with Gasteiger partial charge in [0.25, 0.3) is 0 Å². The van der Waals surface area contributed by atoms with Crippen molar-refractivity contribution in [2.24, 2.45) is 5.92 Å². The lowest BCUT2D eigenvalue weighted by Gasteiger charge is -2.35. The number of nitrogens with one attached hydrogen (secondary N) is 1. The number of hydrogen-bond donors (Lipinski definition) is 3. The van der Waals surface area contributed by atoms with E-state index in [0.717, 1.165) is 19.4 Å². The lowest BCUT2D eigenvalue weighted by atomic mass is 9.64. The molecule has 14 heavy (non-hydrogen) atoms. The first-order valence-corrected chi connectivity index (χ1v) is 5.19. The van der Waals surface area contributed by atoms with E-state index in [9.17, 15) is 0 Å². The van der Waals surface area contributed by atoms with Crippen LogP contribution >= 0.6 is 0 Å². The summed E-state index contributed by atoms with van der Waals surface area (Å²) in [6, 6.07) is 0.139. The molecule has 3 unspecified atom stereocenters. The second kappa shape index (κ2) is 5.40. The van der Waals surface area contributed by atoms with Gasteiger partial charge in [-0.05, 0) is 25.3 Å². The monoisotopic (exact) mass is 195 g/mol. The SMILES string of the molecule is C#CCC1CCCNC1C(C)B(O)O. The topological polar surface area (TPSA) is 52.5 Å². The average molecular weight is 195 g/mol. The highest BCUT2D eigenvalue weighted by atomic mass is 16.4. The Bertz CT molecular complexity index is 215. The average Bonchev–Trinajstić information content (AvgIpc) is 2.18. The molecule has 1 aliphatic rings. The summed E-state index contributed by atoms with van der Waals surface area (Å²) in [6.07, 6.45) is 8.22. The Kier molecular flexibility index (Phi) is 4.47. The summed E-state index contributed by atoms with van der Waals surface area (Å²) in [5, 5.41) is 21.6. The fraction of sp³-hybridized carbons (Fsp3) is 0.800. The number of hydrogen-bond acceptors (Lipinski definition) is 3. The van der Waals surface area contributed by atoms with Crippen LogP contribution < -0.4 is 5.32 Å². The lowest BCUT2D eigenvalue weighted by Crippen LogP contribution is -2.47. The van der Waals surface area contributed by atoms with E-state index in [-0.39, 0.29) is 11.9 Å². The van der Waals surface area contributed by atoms with Crippen LogP contribution in [0.3, 0.4) is 0 Å². The van der Waals surface area contributed by atoms with Crippen LogP contribution in [0.4, 0.5) is 0 Å². The van der Waals surface area contributed by atoms with Crippen LogP contribution in [-0.2, 0) is 0 Å². The van der Waals surface area contributed by atoms with Crippen molar-refractivity contribution in [2.75, 3.05) is 6.54 Å². The standard InChI is InChI=1S/C10H18BNO2/c1-3-5-9-6-4-7-12-10(9)8(2)11(13)14/h1,8-10,12-14H,4-7H2,2H3.